The van der Waals surface area contributed by atoms with Crippen LogP contribution in [0.2, 0.25) is 0 Å². The minimum atomic E-state index is -3.93. The van der Waals surface area contributed by atoms with Crippen LogP contribution in [0.25, 0.3) is 0 Å². The molecule has 0 bridgehead atoms. The van der Waals surface area contributed by atoms with Crippen LogP contribution in [0.3, 0.4) is 0 Å². The van der Waals surface area contributed by atoms with Gasteiger partial charge in [0, 0.05) is 11.4 Å². The van der Waals surface area contributed by atoms with Crippen LogP contribution >= 0.6 is 0 Å². The van der Waals surface area contributed by atoms with Gasteiger partial charge < -0.3 is 30.1 Å². The van der Waals surface area contributed by atoms with Gasteiger partial charge in [-0.3, -0.25) is 0 Å². The van der Waals surface area contributed by atoms with Crippen LogP contribution in [0.15, 0.2) is 151 Å². The minimum Gasteiger partial charge on any atom is -0.447 e. The lowest BCUT2D eigenvalue weighted by Crippen LogP contribution is -2.28. The number of anilines is 2. The summed E-state index contributed by atoms with van der Waals surface area (Å²) in [7, 11) is -7.83. The molecule has 0 fully saturated rings. The van der Waals surface area contributed by atoms with Gasteiger partial charge in [-0.05, 0) is 90.7 Å². The number of aromatic nitrogens is 2. The van der Waals surface area contributed by atoms with E-state index >= 15 is 0 Å². The van der Waals surface area contributed by atoms with E-state index in [-0.39, 0.29) is 32.7 Å². The summed E-state index contributed by atoms with van der Waals surface area (Å²) < 4.78 is 64.6. The Morgan fingerprint density at radius 3 is 1.65 bits per heavy atom. The fourth-order valence-electron chi connectivity index (χ4n) is 5.16. The Kier molecular flexibility index (Phi) is 10.8. The number of sulfone groups is 2. The highest BCUT2D eigenvalue weighted by atomic mass is 32.2. The number of carbonyl (C=O) groups is 2. The first-order chi connectivity index (χ1) is 25.1. The average molecular weight is 741 g/mol. The summed E-state index contributed by atoms with van der Waals surface area (Å²) in [6.45, 7) is 0.273. The van der Waals surface area contributed by atoms with Gasteiger partial charge in [0.1, 0.15) is 11.5 Å². The van der Waals surface area contributed by atoms with Crippen LogP contribution < -0.4 is 21.3 Å². The third-order valence-electron chi connectivity index (χ3n) is 7.81. The lowest BCUT2D eigenvalue weighted by molar-refractivity contribution is 0.250. The van der Waals surface area contributed by atoms with Gasteiger partial charge in [-0.1, -0.05) is 30.3 Å². The van der Waals surface area contributed by atoms with Crippen LogP contribution in [-0.4, -0.2) is 38.9 Å². The van der Waals surface area contributed by atoms with Crippen molar-refractivity contribution in [3.63, 3.8) is 0 Å². The molecule has 0 aliphatic rings. The zero-order valence-electron chi connectivity index (χ0n) is 27.4. The Balaban J connectivity index is 1.08. The van der Waals surface area contributed by atoms with E-state index in [1.165, 1.54) is 85.8 Å². The molecule has 52 heavy (non-hydrogen) atoms. The van der Waals surface area contributed by atoms with Crippen molar-refractivity contribution in [2.45, 2.75) is 45.5 Å². The fourth-order valence-corrected chi connectivity index (χ4v) is 8.01. The van der Waals surface area contributed by atoms with Gasteiger partial charge >= 0.3 is 12.1 Å². The van der Waals surface area contributed by atoms with Crippen LogP contribution in [0.4, 0.5) is 21.0 Å². The Morgan fingerprint density at radius 1 is 0.577 bits per heavy atom. The third-order valence-corrected chi connectivity index (χ3v) is 11.4. The van der Waals surface area contributed by atoms with Crippen molar-refractivity contribution in [1.82, 2.24) is 20.6 Å². The SMILES string of the molecule is O=C(NCc1cnco1)Nc1ccc(S(=O)(=O)c2cccc(CCc3ccccc3S(=O)(=O)c3ccc(NC(=O)NCc4cnco4)cc3)c2)cc1. The van der Waals surface area contributed by atoms with Crippen LogP contribution in [-0.2, 0) is 45.6 Å². The van der Waals surface area contributed by atoms with E-state index < -0.39 is 31.7 Å². The maximum Gasteiger partial charge on any atom is 0.319 e. The predicted molar refractivity (Wildman–Crippen MR) is 189 cm³/mol. The summed E-state index contributed by atoms with van der Waals surface area (Å²) in [6, 6.07) is 23.8. The summed E-state index contributed by atoms with van der Waals surface area (Å²) in [5, 5.41) is 10.5. The molecule has 14 nitrogen and oxygen atoms in total. The van der Waals surface area contributed by atoms with Gasteiger partial charge in [-0.2, -0.15) is 0 Å². The van der Waals surface area contributed by atoms with Gasteiger partial charge in [-0.25, -0.2) is 36.4 Å². The van der Waals surface area contributed by atoms with Crippen molar-refractivity contribution in [2.24, 2.45) is 0 Å². The average Bonchev–Trinajstić information content (AvgIpc) is 3.88. The first-order valence-electron chi connectivity index (χ1n) is 15.8. The lowest BCUT2D eigenvalue weighted by atomic mass is 10.0. The number of carbonyl (C=O) groups excluding carboxylic acids is 2. The summed E-state index contributed by atoms with van der Waals surface area (Å²) in [5.41, 5.74) is 2.06. The van der Waals surface area contributed by atoms with Crippen molar-refractivity contribution in [2.75, 3.05) is 10.6 Å². The van der Waals surface area contributed by atoms with E-state index in [1.54, 1.807) is 36.4 Å². The number of rotatable bonds is 13. The quantitative estimate of drug-likeness (QED) is 0.113. The maximum atomic E-state index is 13.7. The molecule has 4 aromatic carbocycles. The van der Waals surface area contributed by atoms with Crippen molar-refractivity contribution in [3.05, 3.63) is 145 Å². The summed E-state index contributed by atoms with van der Waals surface area (Å²) >= 11 is 0. The van der Waals surface area contributed by atoms with Crippen molar-refractivity contribution >= 4 is 43.1 Å². The molecule has 2 heterocycles. The number of hydrogen-bond donors (Lipinski definition) is 4. The number of benzene rings is 4. The molecule has 6 aromatic rings. The van der Waals surface area contributed by atoms with Crippen LogP contribution in [0.5, 0.6) is 0 Å². The van der Waals surface area contributed by atoms with Crippen molar-refractivity contribution in [1.29, 1.82) is 0 Å². The van der Waals surface area contributed by atoms with Gasteiger partial charge in [0.2, 0.25) is 19.7 Å². The molecule has 0 aliphatic heterocycles. The summed E-state index contributed by atoms with van der Waals surface area (Å²) in [6.07, 6.45) is 6.17. The molecule has 2 aromatic heterocycles. The topological polar surface area (TPSA) is 203 Å². The van der Waals surface area contributed by atoms with Gasteiger partial charge in [0.15, 0.2) is 12.8 Å². The highest BCUT2D eigenvalue weighted by molar-refractivity contribution is 7.91. The molecule has 0 radical (unpaired) electrons. The molecule has 0 aliphatic carbocycles. The number of hydrogen-bond acceptors (Lipinski definition) is 10. The largest absolute Gasteiger partial charge is 0.447 e. The van der Waals surface area contributed by atoms with Gasteiger partial charge in [0.25, 0.3) is 0 Å². The van der Waals surface area contributed by atoms with E-state index in [0.717, 1.165) is 0 Å². The zero-order chi connectivity index (χ0) is 36.6. The molecule has 0 saturated heterocycles. The predicted octanol–water partition coefficient (Wildman–Crippen LogP) is 5.76. The van der Waals surface area contributed by atoms with E-state index in [9.17, 15) is 26.4 Å². The Bertz CT molecular complexity index is 2360. The molecular formula is C36H32N6O8S2. The molecule has 6 rings (SSSR count). The van der Waals surface area contributed by atoms with Gasteiger partial charge in [0.05, 0.1) is 45.1 Å². The molecule has 16 heteroatoms. The second-order valence-electron chi connectivity index (χ2n) is 11.4. The first-order valence-corrected chi connectivity index (χ1v) is 18.8. The number of aryl methyl sites for hydroxylation is 2. The maximum absolute atomic E-state index is 13.7. The Labute approximate surface area is 299 Å². The number of urea groups is 2. The first kappa shape index (κ1) is 35.6. The molecule has 0 saturated carbocycles. The molecule has 0 unspecified atom stereocenters. The van der Waals surface area contributed by atoms with E-state index in [2.05, 4.69) is 31.2 Å². The standard InChI is InChI=1S/C36H32N6O8S2/c43-35(39-21-29-19-37-23-49-29)41-27-10-14-31(15-11-27)51(45,46)33-6-3-4-25(18-33)8-9-26-5-1-2-7-34(26)52(47,48)32-16-12-28(13-17-32)42-36(44)40-22-30-20-38-24-50-30/h1-7,10-20,23-24H,8-9,21-22H2,(H2,39,41,43)(H2,40,42,44). The Morgan fingerprint density at radius 2 is 1.12 bits per heavy atom. The minimum absolute atomic E-state index is 0.0435. The normalized spacial score (nSPS) is 11.5. The van der Waals surface area contributed by atoms with Crippen molar-refractivity contribution in [3.8, 4) is 0 Å². The molecule has 0 atom stereocenters. The Hall–Kier alpha value is -6.26. The second-order valence-corrected chi connectivity index (χ2v) is 15.2. The molecule has 4 amide bonds. The van der Waals surface area contributed by atoms with E-state index in [1.807, 2.05) is 0 Å². The molecular weight excluding hydrogens is 709 g/mol. The fraction of sp³-hybridized carbons (Fsp3) is 0.111. The monoisotopic (exact) mass is 740 g/mol. The number of nitrogens with zero attached hydrogens (tertiary/aromatic N) is 2. The summed E-state index contributed by atoms with van der Waals surface area (Å²) in [5.74, 6) is 0.961. The highest BCUT2D eigenvalue weighted by Crippen LogP contribution is 2.28. The van der Waals surface area contributed by atoms with Crippen LogP contribution in [0.1, 0.15) is 22.6 Å². The highest BCUT2D eigenvalue weighted by Gasteiger charge is 2.22. The number of oxazole rings is 2. The number of amides is 4. The third kappa shape index (κ3) is 8.72. The second kappa shape index (κ2) is 15.7. The lowest BCUT2D eigenvalue weighted by Gasteiger charge is -2.12. The molecule has 266 valence electrons. The summed E-state index contributed by atoms with van der Waals surface area (Å²) in [4.78, 5) is 32.3. The molecule has 0 spiro atoms. The zero-order valence-corrected chi connectivity index (χ0v) is 29.0. The van der Waals surface area contributed by atoms with E-state index in [4.69, 9.17) is 8.83 Å². The van der Waals surface area contributed by atoms with Crippen LogP contribution in [0, 0.1) is 0 Å². The number of nitrogens with one attached hydrogen (secondary N) is 4. The smallest absolute Gasteiger partial charge is 0.319 e. The van der Waals surface area contributed by atoms with Crippen molar-refractivity contribution < 1.29 is 35.3 Å². The van der Waals surface area contributed by atoms with E-state index in [0.29, 0.717) is 46.9 Å². The molecule has 4 N–H and O–H groups in total. The van der Waals surface area contributed by atoms with Gasteiger partial charge in [-0.15, -0.1) is 0 Å².